The summed E-state index contributed by atoms with van der Waals surface area (Å²) >= 11 is 0. The molecule has 2 aliphatic heterocycles. The van der Waals surface area contributed by atoms with Crippen LogP contribution in [0.1, 0.15) is 23.2 Å². The maximum absolute atomic E-state index is 12.2. The smallest absolute Gasteiger partial charge is 0.327 e. The van der Waals surface area contributed by atoms with Crippen LogP contribution in [-0.4, -0.2) is 59.7 Å². The van der Waals surface area contributed by atoms with E-state index in [1.165, 1.54) is 11.9 Å². The molecule has 8 nitrogen and oxygen atoms in total. The summed E-state index contributed by atoms with van der Waals surface area (Å²) in [6.45, 7) is 0.260. The van der Waals surface area contributed by atoms with E-state index in [1.54, 1.807) is 24.3 Å². The summed E-state index contributed by atoms with van der Waals surface area (Å²) in [5.41, 5.74) is 0.966. The second kappa shape index (κ2) is 6.31. The molecule has 0 aromatic heterocycles. The Morgan fingerprint density at radius 3 is 2.54 bits per heavy atom. The van der Waals surface area contributed by atoms with Crippen LogP contribution < -0.4 is 10.6 Å². The Bertz CT molecular complexity index is 679. The summed E-state index contributed by atoms with van der Waals surface area (Å²) in [5.74, 6) is -0.977. The predicted octanol–water partition coefficient (Wildman–Crippen LogP) is 0.411. The summed E-state index contributed by atoms with van der Waals surface area (Å²) in [4.78, 5) is 50.4. The van der Waals surface area contributed by atoms with E-state index in [1.807, 2.05) is 0 Å². The van der Waals surface area contributed by atoms with Crippen molar-refractivity contribution in [1.29, 1.82) is 0 Å². The maximum atomic E-state index is 12.2. The second-order valence-electron chi connectivity index (χ2n) is 5.76. The molecule has 0 saturated carbocycles. The van der Waals surface area contributed by atoms with Gasteiger partial charge in [0.2, 0.25) is 5.91 Å². The molecule has 2 heterocycles. The van der Waals surface area contributed by atoms with Crippen molar-refractivity contribution in [2.45, 2.75) is 18.9 Å². The molecule has 2 fully saturated rings. The minimum Gasteiger partial charge on any atom is -0.355 e. The molecule has 1 aromatic rings. The van der Waals surface area contributed by atoms with E-state index in [9.17, 15) is 19.2 Å². The normalized spacial score (nSPS) is 19.5. The number of carbonyl (C=O) groups is 4. The molecule has 2 N–H and O–H groups in total. The molecule has 24 heavy (non-hydrogen) atoms. The number of carbonyl (C=O) groups excluding carboxylic acids is 4. The number of fused-ring (bicyclic) bond motifs is 1. The number of nitrogens with zero attached hydrogens (tertiary/aromatic N) is 2. The van der Waals surface area contributed by atoms with Crippen LogP contribution in [0.25, 0.3) is 0 Å². The van der Waals surface area contributed by atoms with E-state index < -0.39 is 18.0 Å². The van der Waals surface area contributed by atoms with Crippen molar-refractivity contribution in [3.05, 3.63) is 29.8 Å². The lowest BCUT2D eigenvalue weighted by molar-refractivity contribution is -0.131. The van der Waals surface area contributed by atoms with E-state index >= 15 is 0 Å². The van der Waals surface area contributed by atoms with Crippen LogP contribution >= 0.6 is 0 Å². The summed E-state index contributed by atoms with van der Waals surface area (Å²) in [5, 5.41) is 5.13. The SMILES string of the molecule is CNC(=O)c1ccc(NC(=O)CN2C(=O)C3CCCN3C2=O)cc1. The average molecular weight is 330 g/mol. The number of hydrogen-bond donors (Lipinski definition) is 2. The van der Waals surface area contributed by atoms with Gasteiger partial charge in [-0.15, -0.1) is 0 Å². The van der Waals surface area contributed by atoms with Gasteiger partial charge < -0.3 is 15.5 Å². The van der Waals surface area contributed by atoms with Crippen molar-refractivity contribution in [3.8, 4) is 0 Å². The van der Waals surface area contributed by atoms with Gasteiger partial charge >= 0.3 is 6.03 Å². The molecule has 1 unspecified atom stereocenters. The third-order valence-corrected chi connectivity index (χ3v) is 4.24. The van der Waals surface area contributed by atoms with Crippen LogP contribution in [0.2, 0.25) is 0 Å². The van der Waals surface area contributed by atoms with Gasteiger partial charge in [0.05, 0.1) is 0 Å². The molecule has 5 amide bonds. The standard InChI is InChI=1S/C16H18N4O4/c1-17-14(22)10-4-6-11(7-5-10)18-13(21)9-20-15(23)12-3-2-8-19(12)16(20)24/h4-7,12H,2-3,8-9H2,1H3,(H,17,22)(H,18,21). The Hall–Kier alpha value is -2.90. The summed E-state index contributed by atoms with van der Waals surface area (Å²) < 4.78 is 0. The molecule has 0 radical (unpaired) electrons. The lowest BCUT2D eigenvalue weighted by Crippen LogP contribution is -2.39. The number of anilines is 1. The van der Waals surface area contributed by atoms with Crippen LogP contribution in [0, 0.1) is 0 Å². The lowest BCUT2D eigenvalue weighted by Gasteiger charge is -2.15. The molecule has 1 atom stereocenters. The van der Waals surface area contributed by atoms with Gasteiger partial charge in [-0.25, -0.2) is 4.79 Å². The zero-order chi connectivity index (χ0) is 17.3. The highest BCUT2D eigenvalue weighted by atomic mass is 16.2. The minimum absolute atomic E-state index is 0.221. The first kappa shape index (κ1) is 16.0. The Labute approximate surface area is 138 Å². The number of hydrogen-bond acceptors (Lipinski definition) is 4. The van der Waals surface area contributed by atoms with Crippen molar-refractivity contribution >= 4 is 29.4 Å². The molecule has 1 aromatic carbocycles. The first-order chi connectivity index (χ1) is 11.5. The van der Waals surface area contributed by atoms with Crippen LogP contribution in [-0.2, 0) is 9.59 Å². The molecular weight excluding hydrogens is 312 g/mol. The number of imide groups is 1. The lowest BCUT2D eigenvalue weighted by atomic mass is 10.2. The number of amides is 5. The number of benzene rings is 1. The van der Waals surface area contributed by atoms with E-state index in [4.69, 9.17) is 0 Å². The van der Waals surface area contributed by atoms with Crippen molar-refractivity contribution in [1.82, 2.24) is 15.1 Å². The quantitative estimate of drug-likeness (QED) is 0.781. The fourth-order valence-corrected chi connectivity index (χ4v) is 3.02. The first-order valence-electron chi connectivity index (χ1n) is 7.75. The highest BCUT2D eigenvalue weighted by Crippen LogP contribution is 2.27. The van der Waals surface area contributed by atoms with Gasteiger partial charge in [-0.2, -0.15) is 0 Å². The van der Waals surface area contributed by atoms with Crippen LogP contribution in [0.3, 0.4) is 0 Å². The van der Waals surface area contributed by atoms with E-state index in [-0.39, 0.29) is 18.4 Å². The summed E-state index contributed by atoms with van der Waals surface area (Å²) in [6, 6.07) is 5.54. The van der Waals surface area contributed by atoms with E-state index in [0.717, 1.165) is 11.3 Å². The third kappa shape index (κ3) is 2.82. The van der Waals surface area contributed by atoms with Crippen molar-refractivity contribution < 1.29 is 19.2 Å². The number of nitrogens with one attached hydrogen (secondary N) is 2. The van der Waals surface area contributed by atoms with Gasteiger partial charge in [-0.3, -0.25) is 19.3 Å². The molecule has 126 valence electrons. The number of urea groups is 1. The Morgan fingerprint density at radius 2 is 1.92 bits per heavy atom. The molecule has 0 aliphatic carbocycles. The molecule has 2 aliphatic rings. The topological polar surface area (TPSA) is 98.8 Å². The van der Waals surface area contributed by atoms with Gasteiger partial charge in [-0.05, 0) is 37.1 Å². The van der Waals surface area contributed by atoms with Crippen LogP contribution in [0.5, 0.6) is 0 Å². The zero-order valence-corrected chi connectivity index (χ0v) is 13.2. The third-order valence-electron chi connectivity index (χ3n) is 4.24. The minimum atomic E-state index is -0.453. The maximum Gasteiger partial charge on any atom is 0.327 e. The van der Waals surface area contributed by atoms with E-state index in [2.05, 4.69) is 10.6 Å². The van der Waals surface area contributed by atoms with Crippen molar-refractivity contribution in [2.24, 2.45) is 0 Å². The summed E-state index contributed by atoms with van der Waals surface area (Å²) in [7, 11) is 1.54. The van der Waals surface area contributed by atoms with Gasteiger partial charge in [0.1, 0.15) is 12.6 Å². The fraction of sp³-hybridized carbons (Fsp3) is 0.375. The van der Waals surface area contributed by atoms with Crippen molar-refractivity contribution in [2.75, 3.05) is 25.5 Å². The van der Waals surface area contributed by atoms with Gasteiger partial charge in [0.15, 0.2) is 0 Å². The first-order valence-corrected chi connectivity index (χ1v) is 7.75. The summed E-state index contributed by atoms with van der Waals surface area (Å²) in [6.07, 6.45) is 1.48. The molecule has 2 saturated heterocycles. The monoisotopic (exact) mass is 330 g/mol. The van der Waals surface area contributed by atoms with Gasteiger partial charge in [0.25, 0.3) is 11.8 Å². The molecule has 3 rings (SSSR count). The Balaban J connectivity index is 1.61. The highest BCUT2D eigenvalue weighted by molar-refractivity contribution is 6.08. The van der Waals surface area contributed by atoms with Gasteiger partial charge in [0, 0.05) is 24.8 Å². The average Bonchev–Trinajstić information content (AvgIpc) is 3.15. The largest absolute Gasteiger partial charge is 0.355 e. The number of rotatable bonds is 4. The molecular formula is C16H18N4O4. The van der Waals surface area contributed by atoms with Crippen LogP contribution in [0.15, 0.2) is 24.3 Å². The van der Waals surface area contributed by atoms with Crippen molar-refractivity contribution in [3.63, 3.8) is 0 Å². The second-order valence-corrected chi connectivity index (χ2v) is 5.76. The zero-order valence-electron chi connectivity index (χ0n) is 13.2. The Kier molecular flexibility index (Phi) is 4.20. The Morgan fingerprint density at radius 1 is 1.21 bits per heavy atom. The molecule has 0 bridgehead atoms. The fourth-order valence-electron chi connectivity index (χ4n) is 3.02. The molecule has 0 spiro atoms. The van der Waals surface area contributed by atoms with E-state index in [0.29, 0.717) is 24.2 Å². The van der Waals surface area contributed by atoms with Crippen LogP contribution in [0.4, 0.5) is 10.5 Å². The van der Waals surface area contributed by atoms with Gasteiger partial charge in [-0.1, -0.05) is 0 Å². The predicted molar refractivity (Wildman–Crippen MR) is 85.3 cm³/mol. The highest BCUT2D eigenvalue weighted by Gasteiger charge is 2.47. The molecule has 8 heteroatoms.